The van der Waals surface area contributed by atoms with Crippen LogP contribution in [0.5, 0.6) is 0 Å². The fraction of sp³-hybridized carbons (Fsp3) is 0.125. The van der Waals surface area contributed by atoms with Crippen LogP contribution >= 0.6 is 11.8 Å². The summed E-state index contributed by atoms with van der Waals surface area (Å²) >= 11 is 0.807. The first-order valence-electron chi connectivity index (χ1n) is 6.84. The molecule has 0 aromatic heterocycles. The molecule has 8 heteroatoms. The van der Waals surface area contributed by atoms with Gasteiger partial charge in [0.1, 0.15) is 17.5 Å². The summed E-state index contributed by atoms with van der Waals surface area (Å²) in [6, 6.07) is 8.31. The molecule has 24 heavy (non-hydrogen) atoms. The minimum atomic E-state index is -0.630. The lowest BCUT2D eigenvalue weighted by Gasteiger charge is -2.08. The van der Waals surface area contributed by atoms with Crippen molar-refractivity contribution in [1.29, 1.82) is 0 Å². The van der Waals surface area contributed by atoms with Crippen molar-refractivity contribution >= 4 is 23.6 Å². The van der Waals surface area contributed by atoms with Gasteiger partial charge >= 0.3 is 0 Å². The third kappa shape index (κ3) is 5.62. The zero-order chi connectivity index (χ0) is 17.5. The molecule has 0 atom stereocenters. The Morgan fingerprint density at radius 1 is 0.875 bits per heavy atom. The summed E-state index contributed by atoms with van der Waals surface area (Å²) in [5, 5.41) is 0. The van der Waals surface area contributed by atoms with E-state index in [1.54, 1.807) is 0 Å². The zero-order valence-corrected chi connectivity index (χ0v) is 13.1. The van der Waals surface area contributed by atoms with Crippen molar-refractivity contribution in [1.82, 2.24) is 10.9 Å². The van der Waals surface area contributed by atoms with Gasteiger partial charge < -0.3 is 0 Å². The topological polar surface area (TPSA) is 58.2 Å². The zero-order valence-electron chi connectivity index (χ0n) is 12.3. The molecule has 4 nitrogen and oxygen atoms in total. The highest BCUT2D eigenvalue weighted by Gasteiger charge is 2.09. The molecule has 0 fully saturated rings. The average molecular weight is 354 g/mol. The Morgan fingerprint density at radius 2 is 1.50 bits per heavy atom. The molecule has 0 aliphatic carbocycles. The lowest BCUT2D eigenvalue weighted by atomic mass is 10.1. The van der Waals surface area contributed by atoms with Gasteiger partial charge in [-0.1, -0.05) is 12.1 Å². The van der Waals surface area contributed by atoms with E-state index in [0.29, 0.717) is 5.56 Å². The third-order valence-corrected chi connectivity index (χ3v) is 3.90. The molecule has 0 saturated carbocycles. The molecule has 2 aromatic carbocycles. The van der Waals surface area contributed by atoms with Crippen LogP contribution in [0.3, 0.4) is 0 Å². The van der Waals surface area contributed by atoms with Gasteiger partial charge in [0.2, 0.25) is 11.8 Å². The fourth-order valence-corrected chi connectivity index (χ4v) is 2.50. The summed E-state index contributed by atoms with van der Waals surface area (Å²) < 4.78 is 39.1. The SMILES string of the molecule is O=C(CSc1cc(F)ccc1F)NNC(=O)Cc1ccc(F)cc1. The highest BCUT2D eigenvalue weighted by molar-refractivity contribution is 8.00. The van der Waals surface area contributed by atoms with Crippen LogP contribution in [0.25, 0.3) is 0 Å². The molecule has 0 unspecified atom stereocenters. The van der Waals surface area contributed by atoms with E-state index in [2.05, 4.69) is 10.9 Å². The maximum atomic E-state index is 13.4. The molecular weight excluding hydrogens is 341 g/mol. The Hall–Kier alpha value is -2.48. The van der Waals surface area contributed by atoms with Crippen molar-refractivity contribution in [3.63, 3.8) is 0 Å². The molecule has 2 amide bonds. The van der Waals surface area contributed by atoms with E-state index >= 15 is 0 Å². The molecule has 126 valence electrons. The van der Waals surface area contributed by atoms with Gasteiger partial charge in [0.05, 0.1) is 12.2 Å². The second-order valence-corrected chi connectivity index (χ2v) is 5.78. The van der Waals surface area contributed by atoms with Crippen molar-refractivity contribution in [2.75, 3.05) is 5.75 Å². The summed E-state index contributed by atoms with van der Waals surface area (Å²) in [5.74, 6) is -2.90. The van der Waals surface area contributed by atoms with Gasteiger partial charge in [-0.15, -0.1) is 11.8 Å². The Bertz CT molecular complexity index is 739. The third-order valence-electron chi connectivity index (χ3n) is 2.87. The van der Waals surface area contributed by atoms with Gasteiger partial charge in [-0.25, -0.2) is 13.2 Å². The van der Waals surface area contributed by atoms with E-state index in [-0.39, 0.29) is 17.1 Å². The van der Waals surface area contributed by atoms with Crippen LogP contribution in [0.1, 0.15) is 5.56 Å². The van der Waals surface area contributed by atoms with E-state index in [1.165, 1.54) is 24.3 Å². The molecule has 2 aromatic rings. The maximum Gasteiger partial charge on any atom is 0.248 e. The summed E-state index contributed by atoms with van der Waals surface area (Å²) in [6.45, 7) is 0. The van der Waals surface area contributed by atoms with Crippen LogP contribution in [0.2, 0.25) is 0 Å². The number of amides is 2. The number of rotatable bonds is 5. The van der Waals surface area contributed by atoms with E-state index in [0.717, 1.165) is 30.0 Å². The number of carbonyl (C=O) groups excluding carboxylic acids is 2. The Labute approximate surface area is 140 Å². The molecule has 2 N–H and O–H groups in total. The standard InChI is InChI=1S/C16H13F3N2O2S/c17-11-3-1-10(2-4-11)7-15(22)20-21-16(23)9-24-14-8-12(18)5-6-13(14)19/h1-6,8H,7,9H2,(H,20,22)(H,21,23). The minimum Gasteiger partial charge on any atom is -0.273 e. The van der Waals surface area contributed by atoms with Gasteiger partial charge in [-0.2, -0.15) is 0 Å². The Balaban J connectivity index is 1.75. The quantitative estimate of drug-likeness (QED) is 0.641. The van der Waals surface area contributed by atoms with Crippen molar-refractivity contribution in [2.45, 2.75) is 11.3 Å². The van der Waals surface area contributed by atoms with Crippen LogP contribution < -0.4 is 10.9 Å². The molecule has 0 heterocycles. The Kier molecular flexibility index (Phi) is 6.25. The summed E-state index contributed by atoms with van der Waals surface area (Å²) in [4.78, 5) is 23.2. The number of hydrogen-bond donors (Lipinski definition) is 2. The van der Waals surface area contributed by atoms with Gasteiger partial charge in [-0.05, 0) is 35.9 Å². The monoisotopic (exact) mass is 354 g/mol. The van der Waals surface area contributed by atoms with Crippen molar-refractivity contribution in [3.8, 4) is 0 Å². The lowest BCUT2D eigenvalue weighted by molar-refractivity contribution is -0.127. The predicted octanol–water partition coefficient (Wildman–Crippen LogP) is 2.59. The smallest absolute Gasteiger partial charge is 0.248 e. The second kappa shape index (κ2) is 8.39. The Morgan fingerprint density at radius 3 is 2.21 bits per heavy atom. The highest BCUT2D eigenvalue weighted by atomic mass is 32.2. The van der Waals surface area contributed by atoms with Crippen LogP contribution in [0.15, 0.2) is 47.4 Å². The minimum absolute atomic E-state index is 0.00258. The molecule has 0 aliphatic heterocycles. The van der Waals surface area contributed by atoms with E-state index < -0.39 is 29.3 Å². The van der Waals surface area contributed by atoms with Gasteiger partial charge in [0.25, 0.3) is 0 Å². The largest absolute Gasteiger partial charge is 0.273 e. The summed E-state index contributed by atoms with van der Waals surface area (Å²) in [6.07, 6.45) is -0.0355. The van der Waals surface area contributed by atoms with Gasteiger partial charge in [0, 0.05) is 4.90 Å². The van der Waals surface area contributed by atoms with Gasteiger partial charge in [0.15, 0.2) is 0 Å². The van der Waals surface area contributed by atoms with E-state index in [9.17, 15) is 22.8 Å². The number of halogens is 3. The van der Waals surface area contributed by atoms with Crippen molar-refractivity contribution in [2.24, 2.45) is 0 Å². The normalized spacial score (nSPS) is 10.3. The number of carbonyl (C=O) groups is 2. The lowest BCUT2D eigenvalue weighted by Crippen LogP contribution is -2.43. The highest BCUT2D eigenvalue weighted by Crippen LogP contribution is 2.22. The number of hydrogen-bond acceptors (Lipinski definition) is 3. The van der Waals surface area contributed by atoms with Crippen LogP contribution in [-0.2, 0) is 16.0 Å². The first-order chi connectivity index (χ1) is 11.4. The molecule has 0 aliphatic rings. The molecule has 0 saturated heterocycles. The average Bonchev–Trinajstić information content (AvgIpc) is 2.56. The van der Waals surface area contributed by atoms with E-state index in [4.69, 9.17) is 0 Å². The van der Waals surface area contributed by atoms with Gasteiger partial charge in [-0.3, -0.25) is 20.4 Å². The predicted molar refractivity (Wildman–Crippen MR) is 83.5 cm³/mol. The van der Waals surface area contributed by atoms with Crippen molar-refractivity contribution in [3.05, 3.63) is 65.5 Å². The number of benzene rings is 2. The fourth-order valence-electron chi connectivity index (χ4n) is 1.74. The molecule has 2 rings (SSSR count). The molecule has 0 radical (unpaired) electrons. The number of hydrazine groups is 1. The molecule has 0 spiro atoms. The number of nitrogens with one attached hydrogen (secondary N) is 2. The van der Waals surface area contributed by atoms with Crippen LogP contribution in [0.4, 0.5) is 13.2 Å². The van der Waals surface area contributed by atoms with E-state index in [1.807, 2.05) is 0 Å². The maximum absolute atomic E-state index is 13.4. The first-order valence-corrected chi connectivity index (χ1v) is 7.82. The summed E-state index contributed by atoms with van der Waals surface area (Å²) in [7, 11) is 0. The second-order valence-electron chi connectivity index (χ2n) is 4.76. The van der Waals surface area contributed by atoms with Crippen LogP contribution in [0, 0.1) is 17.5 Å². The molecular formula is C16H13F3N2O2S. The van der Waals surface area contributed by atoms with Crippen LogP contribution in [-0.4, -0.2) is 17.6 Å². The summed E-state index contributed by atoms with van der Waals surface area (Å²) in [5.41, 5.74) is 4.95. The first kappa shape index (κ1) is 17.9. The molecule has 0 bridgehead atoms. The van der Waals surface area contributed by atoms with Crippen molar-refractivity contribution < 1.29 is 22.8 Å². The number of thioether (sulfide) groups is 1.